The Kier molecular flexibility index (Phi) is 4.61. The fourth-order valence-corrected chi connectivity index (χ4v) is 1.58. The Morgan fingerprint density at radius 3 is 2.60 bits per heavy atom. The van der Waals surface area contributed by atoms with Gasteiger partial charge in [-0.15, -0.1) is 6.58 Å². The van der Waals surface area contributed by atoms with Crippen LogP contribution in [0.15, 0.2) is 43.0 Å². The van der Waals surface area contributed by atoms with Gasteiger partial charge in [-0.2, -0.15) is 0 Å². The minimum absolute atomic E-state index is 0.383. The van der Waals surface area contributed by atoms with Crippen LogP contribution in [0.5, 0.6) is 0 Å². The Labute approximate surface area is 90.3 Å². The van der Waals surface area contributed by atoms with Crippen molar-refractivity contribution in [2.24, 2.45) is 0 Å². The Hall–Kier alpha value is -1.57. The lowest BCUT2D eigenvalue weighted by Crippen LogP contribution is -2.11. The minimum atomic E-state index is -0.745. The Bertz CT molecular complexity index is 317. The quantitative estimate of drug-likeness (QED) is 0.570. The largest absolute Gasteiger partial charge is 0.481 e. The van der Waals surface area contributed by atoms with Crippen LogP contribution in [0.25, 0.3) is 0 Å². The Balaban J connectivity index is 2.66. The first-order valence-corrected chi connectivity index (χ1v) is 5.14. The number of aliphatic carboxylic acids is 1. The van der Waals surface area contributed by atoms with Gasteiger partial charge in [0.1, 0.15) is 0 Å². The summed E-state index contributed by atoms with van der Waals surface area (Å²) in [6.45, 7) is 3.63. The molecule has 0 aliphatic rings. The van der Waals surface area contributed by atoms with Crippen molar-refractivity contribution in [3.63, 3.8) is 0 Å². The van der Waals surface area contributed by atoms with E-state index in [0.29, 0.717) is 6.42 Å². The molecular weight excluding hydrogens is 188 g/mol. The molecule has 80 valence electrons. The first-order valence-electron chi connectivity index (χ1n) is 5.14. The van der Waals surface area contributed by atoms with E-state index in [0.717, 1.165) is 18.4 Å². The zero-order valence-electron chi connectivity index (χ0n) is 8.73. The molecule has 1 rings (SSSR count). The molecule has 15 heavy (non-hydrogen) atoms. The normalized spacial score (nSPS) is 12.0. The van der Waals surface area contributed by atoms with Gasteiger partial charge in [0, 0.05) is 0 Å². The highest BCUT2D eigenvalue weighted by molar-refractivity contribution is 5.75. The van der Waals surface area contributed by atoms with E-state index < -0.39 is 5.97 Å². The van der Waals surface area contributed by atoms with E-state index in [9.17, 15) is 4.79 Å². The number of unbranched alkanes of at least 4 members (excludes halogenated alkanes) is 1. The molecule has 1 N–H and O–H groups in total. The van der Waals surface area contributed by atoms with E-state index in [1.165, 1.54) is 0 Å². The lowest BCUT2D eigenvalue weighted by Gasteiger charge is -2.11. The van der Waals surface area contributed by atoms with E-state index in [1.54, 1.807) is 0 Å². The SMILES string of the molecule is C=CCCC[C@@H](C(=O)O)c1ccccc1. The van der Waals surface area contributed by atoms with Gasteiger partial charge in [-0.25, -0.2) is 0 Å². The van der Waals surface area contributed by atoms with E-state index in [1.807, 2.05) is 36.4 Å². The maximum Gasteiger partial charge on any atom is 0.310 e. The molecule has 0 saturated carbocycles. The van der Waals surface area contributed by atoms with E-state index in [4.69, 9.17) is 5.11 Å². The maximum atomic E-state index is 11.1. The van der Waals surface area contributed by atoms with Crippen molar-refractivity contribution in [1.29, 1.82) is 0 Å². The number of rotatable bonds is 6. The van der Waals surface area contributed by atoms with Crippen molar-refractivity contribution in [3.8, 4) is 0 Å². The lowest BCUT2D eigenvalue weighted by atomic mass is 9.94. The molecule has 0 aliphatic carbocycles. The molecule has 0 bridgehead atoms. The van der Waals surface area contributed by atoms with Crippen molar-refractivity contribution < 1.29 is 9.90 Å². The third kappa shape index (κ3) is 3.58. The number of benzene rings is 1. The number of hydrogen-bond donors (Lipinski definition) is 1. The van der Waals surface area contributed by atoms with Crippen LogP contribution in [-0.2, 0) is 4.79 Å². The fourth-order valence-electron chi connectivity index (χ4n) is 1.58. The summed E-state index contributed by atoms with van der Waals surface area (Å²) in [6, 6.07) is 9.38. The molecular formula is C13H16O2. The summed E-state index contributed by atoms with van der Waals surface area (Å²) in [6.07, 6.45) is 4.24. The van der Waals surface area contributed by atoms with Gasteiger partial charge in [0.05, 0.1) is 5.92 Å². The summed E-state index contributed by atoms with van der Waals surface area (Å²) in [5, 5.41) is 9.10. The topological polar surface area (TPSA) is 37.3 Å². The monoisotopic (exact) mass is 204 g/mol. The number of hydrogen-bond acceptors (Lipinski definition) is 1. The predicted molar refractivity (Wildman–Crippen MR) is 60.9 cm³/mol. The third-order valence-electron chi connectivity index (χ3n) is 2.40. The van der Waals surface area contributed by atoms with Gasteiger partial charge in [0.15, 0.2) is 0 Å². The van der Waals surface area contributed by atoms with Crippen LogP contribution in [0, 0.1) is 0 Å². The van der Waals surface area contributed by atoms with Crippen LogP contribution in [0.3, 0.4) is 0 Å². The molecule has 0 unspecified atom stereocenters. The molecule has 0 aromatic heterocycles. The van der Waals surface area contributed by atoms with Crippen molar-refractivity contribution in [2.45, 2.75) is 25.2 Å². The fraction of sp³-hybridized carbons (Fsp3) is 0.308. The van der Waals surface area contributed by atoms with Gasteiger partial charge in [0.2, 0.25) is 0 Å². The zero-order chi connectivity index (χ0) is 11.1. The van der Waals surface area contributed by atoms with Crippen molar-refractivity contribution in [1.82, 2.24) is 0 Å². The molecule has 2 heteroatoms. The van der Waals surface area contributed by atoms with Gasteiger partial charge in [0.25, 0.3) is 0 Å². The van der Waals surface area contributed by atoms with Gasteiger partial charge in [-0.3, -0.25) is 4.79 Å². The van der Waals surface area contributed by atoms with Crippen molar-refractivity contribution in [2.75, 3.05) is 0 Å². The first kappa shape index (κ1) is 11.5. The van der Waals surface area contributed by atoms with Gasteiger partial charge in [-0.1, -0.05) is 36.4 Å². The second-order valence-electron chi connectivity index (χ2n) is 3.52. The molecule has 1 aromatic rings. The summed E-state index contributed by atoms with van der Waals surface area (Å²) in [5.74, 6) is -1.13. The average molecular weight is 204 g/mol. The van der Waals surface area contributed by atoms with Crippen molar-refractivity contribution >= 4 is 5.97 Å². The summed E-state index contributed by atoms with van der Waals surface area (Å²) in [5.41, 5.74) is 0.883. The standard InChI is InChI=1S/C13H16O2/c1-2-3-5-10-12(13(14)15)11-8-6-4-7-9-11/h2,4,6-9,12H,1,3,5,10H2,(H,14,15)/t12-/m1/s1. The van der Waals surface area contributed by atoms with E-state index in [2.05, 4.69) is 6.58 Å². The molecule has 0 aliphatic heterocycles. The molecule has 0 spiro atoms. The van der Waals surface area contributed by atoms with E-state index in [-0.39, 0.29) is 5.92 Å². The summed E-state index contributed by atoms with van der Waals surface area (Å²) in [7, 11) is 0. The summed E-state index contributed by atoms with van der Waals surface area (Å²) < 4.78 is 0. The van der Waals surface area contributed by atoms with Crippen molar-refractivity contribution in [3.05, 3.63) is 48.6 Å². The second-order valence-corrected chi connectivity index (χ2v) is 3.52. The second kappa shape index (κ2) is 6.02. The van der Waals surface area contributed by atoms with Crippen LogP contribution >= 0.6 is 0 Å². The van der Waals surface area contributed by atoms with Gasteiger partial charge in [-0.05, 0) is 24.8 Å². The highest BCUT2D eigenvalue weighted by Gasteiger charge is 2.18. The molecule has 0 saturated heterocycles. The van der Waals surface area contributed by atoms with Gasteiger partial charge < -0.3 is 5.11 Å². The first-order chi connectivity index (χ1) is 7.25. The molecule has 0 heterocycles. The molecule has 0 radical (unpaired) electrons. The predicted octanol–water partition coefficient (Wildman–Crippen LogP) is 3.21. The lowest BCUT2D eigenvalue weighted by molar-refractivity contribution is -0.139. The molecule has 0 amide bonds. The smallest absolute Gasteiger partial charge is 0.310 e. The highest BCUT2D eigenvalue weighted by atomic mass is 16.4. The zero-order valence-corrected chi connectivity index (χ0v) is 8.73. The average Bonchev–Trinajstić information content (AvgIpc) is 2.25. The molecule has 1 atom stereocenters. The number of allylic oxidation sites excluding steroid dienone is 1. The van der Waals surface area contributed by atoms with Crippen LogP contribution in [0.1, 0.15) is 30.7 Å². The third-order valence-corrected chi connectivity index (χ3v) is 2.40. The number of carboxylic acid groups (broad SMARTS) is 1. The highest BCUT2D eigenvalue weighted by Crippen LogP contribution is 2.22. The van der Waals surface area contributed by atoms with Crippen LogP contribution in [0.4, 0.5) is 0 Å². The van der Waals surface area contributed by atoms with Crippen LogP contribution in [0.2, 0.25) is 0 Å². The van der Waals surface area contributed by atoms with Crippen LogP contribution in [-0.4, -0.2) is 11.1 Å². The molecule has 2 nitrogen and oxygen atoms in total. The minimum Gasteiger partial charge on any atom is -0.481 e. The van der Waals surface area contributed by atoms with E-state index >= 15 is 0 Å². The summed E-state index contributed by atoms with van der Waals surface area (Å²) in [4.78, 5) is 11.1. The van der Waals surface area contributed by atoms with Gasteiger partial charge >= 0.3 is 5.97 Å². The maximum absolute atomic E-state index is 11.1. The Morgan fingerprint density at radius 2 is 2.07 bits per heavy atom. The molecule has 1 aromatic carbocycles. The Morgan fingerprint density at radius 1 is 1.40 bits per heavy atom. The van der Waals surface area contributed by atoms with Crippen LogP contribution < -0.4 is 0 Å². The number of carboxylic acids is 1. The number of carbonyl (C=O) groups is 1. The summed E-state index contributed by atoms with van der Waals surface area (Å²) >= 11 is 0. The molecule has 0 fully saturated rings.